The fourth-order valence-electron chi connectivity index (χ4n) is 1.77. The molecule has 7 heteroatoms. The molecule has 2 aromatic rings. The SMILES string of the molecule is COc1ccc(S(=O)(=O)Nc2ccc(N)c(C)c2)cc1Br. The summed E-state index contributed by atoms with van der Waals surface area (Å²) >= 11 is 3.27. The van der Waals surface area contributed by atoms with E-state index in [9.17, 15) is 8.42 Å². The second kappa shape index (κ2) is 5.95. The van der Waals surface area contributed by atoms with E-state index in [4.69, 9.17) is 10.5 Å². The number of nitrogen functional groups attached to an aromatic ring is 1. The minimum absolute atomic E-state index is 0.143. The molecule has 2 aromatic carbocycles. The van der Waals surface area contributed by atoms with Crippen LogP contribution in [-0.2, 0) is 10.0 Å². The van der Waals surface area contributed by atoms with Crippen molar-refractivity contribution in [3.05, 3.63) is 46.4 Å². The summed E-state index contributed by atoms with van der Waals surface area (Å²) in [6.45, 7) is 1.82. The molecule has 0 aliphatic heterocycles. The predicted molar refractivity (Wildman–Crippen MR) is 87.1 cm³/mol. The molecule has 0 unspecified atom stereocenters. The van der Waals surface area contributed by atoms with Crippen molar-refractivity contribution in [2.75, 3.05) is 17.6 Å². The minimum atomic E-state index is -3.67. The maximum absolute atomic E-state index is 12.3. The number of halogens is 1. The largest absolute Gasteiger partial charge is 0.496 e. The second-order valence-corrected chi connectivity index (χ2v) is 7.01. The third-order valence-electron chi connectivity index (χ3n) is 2.96. The van der Waals surface area contributed by atoms with Crippen molar-refractivity contribution in [2.24, 2.45) is 0 Å². The average molecular weight is 371 g/mol. The molecule has 5 nitrogen and oxygen atoms in total. The van der Waals surface area contributed by atoms with Gasteiger partial charge < -0.3 is 10.5 Å². The van der Waals surface area contributed by atoms with Gasteiger partial charge >= 0.3 is 0 Å². The highest BCUT2D eigenvalue weighted by molar-refractivity contribution is 9.10. The van der Waals surface area contributed by atoms with E-state index in [-0.39, 0.29) is 4.90 Å². The summed E-state index contributed by atoms with van der Waals surface area (Å²) in [7, 11) is -2.15. The highest BCUT2D eigenvalue weighted by Crippen LogP contribution is 2.28. The number of hydrogen-bond acceptors (Lipinski definition) is 4. The third-order valence-corrected chi connectivity index (χ3v) is 4.95. The van der Waals surface area contributed by atoms with Gasteiger partial charge in [0.1, 0.15) is 5.75 Å². The standard InChI is InChI=1S/C14H15BrN2O3S/c1-9-7-10(3-5-13(9)16)17-21(18,19)11-4-6-14(20-2)12(15)8-11/h3-8,17H,16H2,1-2H3. The number of anilines is 2. The Morgan fingerprint density at radius 1 is 1.19 bits per heavy atom. The summed E-state index contributed by atoms with van der Waals surface area (Å²) in [6.07, 6.45) is 0. The van der Waals surface area contributed by atoms with Crippen LogP contribution in [0.3, 0.4) is 0 Å². The number of benzene rings is 2. The maximum Gasteiger partial charge on any atom is 0.261 e. The first kappa shape index (κ1) is 15.7. The number of nitrogens with one attached hydrogen (secondary N) is 1. The van der Waals surface area contributed by atoms with E-state index in [1.54, 1.807) is 24.3 Å². The molecule has 0 fully saturated rings. The lowest BCUT2D eigenvalue weighted by Gasteiger charge is -2.11. The number of hydrogen-bond donors (Lipinski definition) is 2. The summed E-state index contributed by atoms with van der Waals surface area (Å²) in [4.78, 5) is 0.143. The lowest BCUT2D eigenvalue weighted by atomic mass is 10.2. The molecule has 0 heterocycles. The van der Waals surface area contributed by atoms with Crippen molar-refractivity contribution in [1.82, 2.24) is 0 Å². The zero-order valence-corrected chi connectivity index (χ0v) is 14.0. The van der Waals surface area contributed by atoms with Crippen LogP contribution in [0.15, 0.2) is 45.8 Å². The van der Waals surface area contributed by atoms with E-state index in [0.29, 0.717) is 21.6 Å². The molecule has 0 amide bonds. The van der Waals surface area contributed by atoms with Crippen molar-refractivity contribution < 1.29 is 13.2 Å². The fourth-order valence-corrected chi connectivity index (χ4v) is 3.54. The molecule has 0 aliphatic rings. The van der Waals surface area contributed by atoms with Crippen LogP contribution in [0.25, 0.3) is 0 Å². The Bertz CT molecular complexity index is 776. The van der Waals surface area contributed by atoms with Crippen LogP contribution in [-0.4, -0.2) is 15.5 Å². The monoisotopic (exact) mass is 370 g/mol. The second-order valence-electron chi connectivity index (χ2n) is 4.47. The van der Waals surface area contributed by atoms with E-state index in [1.807, 2.05) is 6.92 Å². The molecule has 0 atom stereocenters. The molecule has 21 heavy (non-hydrogen) atoms. The Labute approximate surface area is 132 Å². The maximum atomic E-state index is 12.3. The molecular formula is C14H15BrN2O3S. The first-order chi connectivity index (χ1) is 9.83. The van der Waals surface area contributed by atoms with Gasteiger partial charge in [0, 0.05) is 11.4 Å². The Hall–Kier alpha value is -1.73. The molecule has 0 radical (unpaired) electrons. The molecule has 0 saturated carbocycles. The number of methoxy groups -OCH3 is 1. The quantitative estimate of drug-likeness (QED) is 0.809. The van der Waals surface area contributed by atoms with Gasteiger partial charge in [-0.3, -0.25) is 4.72 Å². The highest BCUT2D eigenvalue weighted by atomic mass is 79.9. The lowest BCUT2D eigenvalue weighted by molar-refractivity contribution is 0.411. The normalized spacial score (nSPS) is 11.2. The molecule has 0 aromatic heterocycles. The van der Waals surface area contributed by atoms with E-state index in [1.165, 1.54) is 19.2 Å². The smallest absolute Gasteiger partial charge is 0.261 e. The average Bonchev–Trinajstić information content (AvgIpc) is 2.42. The number of ether oxygens (including phenoxy) is 1. The lowest BCUT2D eigenvalue weighted by Crippen LogP contribution is -2.13. The van der Waals surface area contributed by atoms with Gasteiger partial charge in [-0.15, -0.1) is 0 Å². The van der Waals surface area contributed by atoms with Gasteiger partial charge in [-0.2, -0.15) is 0 Å². The van der Waals surface area contributed by atoms with Crippen LogP contribution in [0.4, 0.5) is 11.4 Å². The zero-order chi connectivity index (χ0) is 15.6. The molecular weight excluding hydrogens is 356 g/mol. The van der Waals surface area contributed by atoms with Crippen molar-refractivity contribution >= 4 is 37.3 Å². The number of aryl methyl sites for hydroxylation is 1. The third kappa shape index (κ3) is 3.48. The van der Waals surface area contributed by atoms with Crippen LogP contribution < -0.4 is 15.2 Å². The van der Waals surface area contributed by atoms with Crippen molar-refractivity contribution in [3.8, 4) is 5.75 Å². The number of rotatable bonds is 4. The number of nitrogens with two attached hydrogens (primary N) is 1. The van der Waals surface area contributed by atoms with Gasteiger partial charge in [-0.05, 0) is 64.8 Å². The van der Waals surface area contributed by atoms with Crippen LogP contribution in [0.1, 0.15) is 5.56 Å². The minimum Gasteiger partial charge on any atom is -0.496 e. The molecule has 2 rings (SSSR count). The predicted octanol–water partition coefficient (Wildman–Crippen LogP) is 3.15. The summed E-state index contributed by atoms with van der Waals surface area (Å²) in [5, 5.41) is 0. The molecule has 0 aliphatic carbocycles. The van der Waals surface area contributed by atoms with Gasteiger partial charge in [0.2, 0.25) is 0 Å². The molecule has 0 spiro atoms. The van der Waals surface area contributed by atoms with Crippen molar-refractivity contribution in [1.29, 1.82) is 0 Å². The number of sulfonamides is 1. The van der Waals surface area contributed by atoms with E-state index in [2.05, 4.69) is 20.7 Å². The van der Waals surface area contributed by atoms with Gasteiger partial charge in [0.05, 0.1) is 16.5 Å². The summed E-state index contributed by atoms with van der Waals surface area (Å²) < 4.78 is 32.9. The molecule has 3 N–H and O–H groups in total. The van der Waals surface area contributed by atoms with Gasteiger partial charge in [0.15, 0.2) is 0 Å². The highest BCUT2D eigenvalue weighted by Gasteiger charge is 2.16. The topological polar surface area (TPSA) is 81.4 Å². The van der Waals surface area contributed by atoms with Gasteiger partial charge in [0.25, 0.3) is 10.0 Å². The fraction of sp³-hybridized carbons (Fsp3) is 0.143. The Morgan fingerprint density at radius 2 is 1.90 bits per heavy atom. The van der Waals surface area contributed by atoms with Crippen LogP contribution >= 0.6 is 15.9 Å². The Morgan fingerprint density at radius 3 is 2.48 bits per heavy atom. The van der Waals surface area contributed by atoms with Crippen molar-refractivity contribution in [2.45, 2.75) is 11.8 Å². The zero-order valence-electron chi connectivity index (χ0n) is 11.6. The summed E-state index contributed by atoms with van der Waals surface area (Å²) in [5.74, 6) is 0.567. The molecule has 0 bridgehead atoms. The summed E-state index contributed by atoms with van der Waals surface area (Å²) in [5.41, 5.74) is 7.61. The van der Waals surface area contributed by atoms with E-state index in [0.717, 1.165) is 5.56 Å². The van der Waals surface area contributed by atoms with Gasteiger partial charge in [-0.25, -0.2) is 8.42 Å². The molecule has 112 valence electrons. The van der Waals surface area contributed by atoms with Gasteiger partial charge in [-0.1, -0.05) is 0 Å². The first-order valence-corrected chi connectivity index (χ1v) is 8.33. The van der Waals surface area contributed by atoms with E-state index < -0.39 is 10.0 Å². The Kier molecular flexibility index (Phi) is 4.43. The molecule has 0 saturated heterocycles. The van der Waals surface area contributed by atoms with E-state index >= 15 is 0 Å². The first-order valence-electron chi connectivity index (χ1n) is 6.06. The van der Waals surface area contributed by atoms with Crippen LogP contribution in [0.2, 0.25) is 0 Å². The van der Waals surface area contributed by atoms with Crippen molar-refractivity contribution in [3.63, 3.8) is 0 Å². The van der Waals surface area contributed by atoms with Crippen LogP contribution in [0.5, 0.6) is 5.75 Å². The van der Waals surface area contributed by atoms with Crippen LogP contribution in [0, 0.1) is 6.92 Å². The Balaban J connectivity index is 2.33. The summed E-state index contributed by atoms with van der Waals surface area (Å²) in [6, 6.07) is 9.54.